The van der Waals surface area contributed by atoms with Crippen LogP contribution in [0.4, 0.5) is 24.7 Å². The van der Waals surface area contributed by atoms with Crippen LogP contribution in [0.3, 0.4) is 0 Å². The standard InChI is InChI=1S/C23H22F3N5O/c1-13-11-31(14(2)10-30(13)12-16-17(25)7-15(24)8-18(16)26)20-9-22(32)29(4)19-5-6-21(27-3)28-23(19)20/h5-9,13-14H,10-12H2,1-2,4H3/t13-,14+/m1/s1. The molecule has 0 bridgehead atoms. The van der Waals surface area contributed by atoms with Crippen LogP contribution in [-0.2, 0) is 13.6 Å². The average Bonchev–Trinajstić information content (AvgIpc) is 2.75. The zero-order valence-corrected chi connectivity index (χ0v) is 17.9. The minimum atomic E-state index is -0.946. The number of halogens is 3. The maximum Gasteiger partial charge on any atom is 0.270 e. The Hall–Kier alpha value is -3.38. The summed E-state index contributed by atoms with van der Waals surface area (Å²) in [5.74, 6) is -2.52. The molecule has 2 atom stereocenters. The Bertz CT molecular complexity index is 1280. The van der Waals surface area contributed by atoms with Crippen molar-refractivity contribution in [2.24, 2.45) is 7.05 Å². The summed E-state index contributed by atoms with van der Waals surface area (Å²) in [6.07, 6.45) is 0. The van der Waals surface area contributed by atoms with Crippen molar-refractivity contribution < 1.29 is 13.2 Å². The summed E-state index contributed by atoms with van der Waals surface area (Å²) >= 11 is 0. The molecule has 3 aromatic rings. The number of fused-ring (bicyclic) bond motifs is 1. The fraction of sp³-hybridized carbons (Fsp3) is 0.348. The molecule has 3 heterocycles. The van der Waals surface area contributed by atoms with Crippen molar-refractivity contribution in [1.82, 2.24) is 14.5 Å². The first-order chi connectivity index (χ1) is 15.2. The van der Waals surface area contributed by atoms with Crippen molar-refractivity contribution in [2.75, 3.05) is 18.0 Å². The van der Waals surface area contributed by atoms with E-state index in [1.165, 1.54) is 10.6 Å². The van der Waals surface area contributed by atoms with Crippen molar-refractivity contribution in [3.63, 3.8) is 0 Å². The third-order valence-electron chi connectivity index (χ3n) is 6.06. The number of aromatic nitrogens is 2. The summed E-state index contributed by atoms with van der Waals surface area (Å²) in [7, 11) is 1.66. The SMILES string of the molecule is [C-]#[N+]c1ccc2c(n1)c(N1C[C@@H](C)N(Cc3c(F)cc(F)cc3F)C[C@@H]1C)cc(=O)n2C. The van der Waals surface area contributed by atoms with Gasteiger partial charge in [0.1, 0.15) is 17.5 Å². The first-order valence-corrected chi connectivity index (χ1v) is 10.2. The fourth-order valence-electron chi connectivity index (χ4n) is 4.26. The van der Waals surface area contributed by atoms with Crippen molar-refractivity contribution in [1.29, 1.82) is 0 Å². The molecule has 1 aromatic carbocycles. The van der Waals surface area contributed by atoms with E-state index < -0.39 is 17.5 Å². The second-order valence-corrected chi connectivity index (χ2v) is 8.20. The van der Waals surface area contributed by atoms with Gasteiger partial charge in [-0.1, -0.05) is 6.57 Å². The molecule has 0 N–H and O–H groups in total. The Labute approximate surface area is 183 Å². The van der Waals surface area contributed by atoms with Gasteiger partial charge in [0.25, 0.3) is 11.4 Å². The highest BCUT2D eigenvalue weighted by Gasteiger charge is 2.32. The van der Waals surface area contributed by atoms with Gasteiger partial charge in [-0.3, -0.25) is 9.69 Å². The van der Waals surface area contributed by atoms with Crippen molar-refractivity contribution >= 4 is 22.5 Å². The monoisotopic (exact) mass is 441 g/mol. The number of hydrogen-bond acceptors (Lipinski definition) is 4. The van der Waals surface area contributed by atoms with Crippen LogP contribution >= 0.6 is 0 Å². The lowest BCUT2D eigenvalue weighted by Gasteiger charge is -2.45. The van der Waals surface area contributed by atoms with Gasteiger partial charge in [-0.15, -0.1) is 4.98 Å². The van der Waals surface area contributed by atoms with Crippen LogP contribution in [-0.4, -0.2) is 39.6 Å². The van der Waals surface area contributed by atoms with Crippen molar-refractivity contribution in [2.45, 2.75) is 32.5 Å². The Morgan fingerprint density at radius 3 is 2.44 bits per heavy atom. The Morgan fingerprint density at radius 2 is 1.78 bits per heavy atom. The van der Waals surface area contributed by atoms with E-state index in [0.29, 0.717) is 41.9 Å². The molecule has 32 heavy (non-hydrogen) atoms. The van der Waals surface area contributed by atoms with Crippen LogP contribution in [0.25, 0.3) is 15.9 Å². The quantitative estimate of drug-likeness (QED) is 0.577. The van der Waals surface area contributed by atoms with Crippen molar-refractivity contribution in [3.8, 4) is 0 Å². The second-order valence-electron chi connectivity index (χ2n) is 8.20. The molecule has 0 aliphatic carbocycles. The number of hydrogen-bond donors (Lipinski definition) is 0. The average molecular weight is 441 g/mol. The van der Waals surface area contributed by atoms with Gasteiger partial charge in [0.05, 0.1) is 11.2 Å². The van der Waals surface area contributed by atoms with Gasteiger partial charge in [-0.2, -0.15) is 0 Å². The lowest BCUT2D eigenvalue weighted by molar-refractivity contribution is 0.154. The summed E-state index contributed by atoms with van der Waals surface area (Å²) in [4.78, 5) is 24.4. The maximum atomic E-state index is 14.2. The molecule has 1 fully saturated rings. The molecule has 0 radical (unpaired) electrons. The van der Waals surface area contributed by atoms with Crippen LogP contribution in [0, 0.1) is 24.0 Å². The third kappa shape index (κ3) is 3.82. The number of pyridine rings is 2. The van der Waals surface area contributed by atoms with E-state index in [-0.39, 0.29) is 35.6 Å². The minimum absolute atomic E-state index is 0.00865. The van der Waals surface area contributed by atoms with E-state index in [9.17, 15) is 18.0 Å². The number of piperazine rings is 1. The Morgan fingerprint density at radius 1 is 1.09 bits per heavy atom. The molecule has 1 aliphatic rings. The molecule has 0 spiro atoms. The van der Waals surface area contributed by atoms with E-state index in [0.717, 1.165) is 0 Å². The molecule has 4 rings (SSSR count). The zero-order valence-electron chi connectivity index (χ0n) is 17.9. The summed E-state index contributed by atoms with van der Waals surface area (Å²) < 4.78 is 43.1. The third-order valence-corrected chi connectivity index (χ3v) is 6.06. The summed E-state index contributed by atoms with van der Waals surface area (Å²) in [5, 5.41) is 0. The Balaban J connectivity index is 1.68. The van der Waals surface area contributed by atoms with Gasteiger partial charge >= 0.3 is 0 Å². The van der Waals surface area contributed by atoms with Gasteiger partial charge in [0, 0.05) is 62.5 Å². The van der Waals surface area contributed by atoms with E-state index in [2.05, 4.69) is 9.83 Å². The summed E-state index contributed by atoms with van der Waals surface area (Å²) in [5.41, 5.74) is 1.46. The van der Waals surface area contributed by atoms with Crippen LogP contribution in [0.1, 0.15) is 19.4 Å². The number of anilines is 1. The highest BCUT2D eigenvalue weighted by atomic mass is 19.1. The largest absolute Gasteiger partial charge is 0.362 e. The number of benzene rings is 1. The van der Waals surface area contributed by atoms with E-state index in [1.807, 2.05) is 23.6 Å². The van der Waals surface area contributed by atoms with Gasteiger partial charge < -0.3 is 14.3 Å². The number of rotatable bonds is 3. The molecule has 2 aromatic heterocycles. The van der Waals surface area contributed by atoms with Crippen LogP contribution in [0.2, 0.25) is 0 Å². The molecule has 6 nitrogen and oxygen atoms in total. The highest BCUT2D eigenvalue weighted by molar-refractivity contribution is 5.89. The minimum Gasteiger partial charge on any atom is -0.362 e. The van der Waals surface area contributed by atoms with Gasteiger partial charge in [0.15, 0.2) is 0 Å². The van der Waals surface area contributed by atoms with Crippen LogP contribution < -0.4 is 10.5 Å². The molecule has 0 saturated carbocycles. The lowest BCUT2D eigenvalue weighted by Crippen LogP contribution is -2.56. The van der Waals surface area contributed by atoms with Crippen LogP contribution in [0.15, 0.2) is 35.1 Å². The highest BCUT2D eigenvalue weighted by Crippen LogP contribution is 2.30. The lowest BCUT2D eigenvalue weighted by atomic mass is 10.0. The smallest absolute Gasteiger partial charge is 0.270 e. The van der Waals surface area contributed by atoms with E-state index >= 15 is 0 Å². The summed E-state index contributed by atoms with van der Waals surface area (Å²) in [6.45, 7) is 12.1. The predicted molar refractivity (Wildman–Crippen MR) is 116 cm³/mol. The van der Waals surface area contributed by atoms with Gasteiger partial charge in [0.2, 0.25) is 5.52 Å². The molecular weight excluding hydrogens is 419 g/mol. The van der Waals surface area contributed by atoms with E-state index in [4.69, 9.17) is 6.57 Å². The van der Waals surface area contributed by atoms with Crippen molar-refractivity contribution in [3.05, 3.63) is 75.1 Å². The molecule has 0 unspecified atom stereocenters. The molecular formula is C23H22F3N5O. The normalized spacial score (nSPS) is 19.3. The molecule has 9 heteroatoms. The molecule has 166 valence electrons. The first-order valence-electron chi connectivity index (χ1n) is 10.2. The molecule has 1 aliphatic heterocycles. The zero-order chi connectivity index (χ0) is 23.2. The van der Waals surface area contributed by atoms with E-state index in [1.54, 1.807) is 19.2 Å². The first kappa shape index (κ1) is 21.8. The number of nitrogens with zero attached hydrogens (tertiary/aromatic N) is 5. The van der Waals surface area contributed by atoms with Gasteiger partial charge in [-0.25, -0.2) is 13.2 Å². The summed E-state index contributed by atoms with van der Waals surface area (Å²) in [6, 6.07) is 5.97. The topological polar surface area (TPSA) is 45.7 Å². The fourth-order valence-corrected chi connectivity index (χ4v) is 4.26. The Kier molecular flexibility index (Phi) is 5.65. The molecule has 1 saturated heterocycles. The predicted octanol–water partition coefficient (Wildman–Crippen LogP) is 4.00. The molecule has 0 amide bonds. The number of aryl methyl sites for hydroxylation is 1. The maximum absolute atomic E-state index is 14.2. The second kappa shape index (κ2) is 8.28. The van der Waals surface area contributed by atoms with Gasteiger partial charge in [-0.05, 0) is 26.0 Å². The van der Waals surface area contributed by atoms with Crippen LogP contribution in [0.5, 0.6) is 0 Å².